The van der Waals surface area contributed by atoms with Crippen LogP contribution in [0.15, 0.2) is 29.3 Å². The molecule has 2 aromatic rings. The number of carbonyl (C=O) groups excluding carboxylic acids is 1. The van der Waals surface area contributed by atoms with Gasteiger partial charge in [0, 0.05) is 17.7 Å². The first-order chi connectivity index (χ1) is 13.8. The number of nitriles is 1. The van der Waals surface area contributed by atoms with Crippen LogP contribution in [0.3, 0.4) is 0 Å². The van der Waals surface area contributed by atoms with Crippen LogP contribution in [-0.2, 0) is 19.0 Å². The lowest BCUT2D eigenvalue weighted by Gasteiger charge is -2.22. The van der Waals surface area contributed by atoms with Crippen LogP contribution in [0.25, 0.3) is 0 Å². The molecule has 1 aromatic heterocycles. The molecule has 0 unspecified atom stereocenters. The molecule has 0 amide bonds. The number of hydrogen-bond acceptors (Lipinski definition) is 4. The zero-order valence-electron chi connectivity index (χ0n) is 15.5. The van der Waals surface area contributed by atoms with Crippen LogP contribution in [0.2, 0.25) is 0 Å². The van der Waals surface area contributed by atoms with Crippen LogP contribution >= 0.6 is 11.8 Å². The lowest BCUT2D eigenvalue weighted by atomic mass is 9.90. The van der Waals surface area contributed by atoms with Crippen molar-refractivity contribution in [3.05, 3.63) is 58.0 Å². The molecule has 152 valence electrons. The molecule has 3 nitrogen and oxygen atoms in total. The number of benzene rings is 1. The minimum atomic E-state index is -4.61. The van der Waals surface area contributed by atoms with E-state index in [0.717, 1.165) is 18.2 Å². The van der Waals surface area contributed by atoms with Crippen molar-refractivity contribution in [2.75, 3.05) is 5.75 Å². The molecule has 0 bridgehead atoms. The Morgan fingerprint density at radius 2 is 1.86 bits per heavy atom. The Morgan fingerprint density at radius 1 is 1.17 bits per heavy atom. The highest BCUT2D eigenvalue weighted by atomic mass is 32.2. The fourth-order valence-electron chi connectivity index (χ4n) is 3.42. The van der Waals surface area contributed by atoms with Crippen molar-refractivity contribution < 1.29 is 22.4 Å². The van der Waals surface area contributed by atoms with Crippen LogP contribution in [-0.4, -0.2) is 16.5 Å². The van der Waals surface area contributed by atoms with Crippen LogP contribution < -0.4 is 0 Å². The molecule has 0 atom stereocenters. The van der Waals surface area contributed by atoms with E-state index in [1.54, 1.807) is 6.07 Å². The van der Waals surface area contributed by atoms with Gasteiger partial charge in [-0.1, -0.05) is 0 Å². The molecule has 0 radical (unpaired) electrons. The van der Waals surface area contributed by atoms with E-state index in [-0.39, 0.29) is 29.2 Å². The Morgan fingerprint density at radius 3 is 2.52 bits per heavy atom. The van der Waals surface area contributed by atoms with E-state index in [1.807, 2.05) is 0 Å². The van der Waals surface area contributed by atoms with Gasteiger partial charge in [0.2, 0.25) is 0 Å². The molecule has 1 heterocycles. The van der Waals surface area contributed by atoms with Crippen molar-refractivity contribution >= 4 is 17.5 Å². The SMILES string of the molecule is N#Cc1c(SCCCC(=O)c2ccc(F)cc2)nc2c(c1C(F)(F)F)CCCC2. The summed E-state index contributed by atoms with van der Waals surface area (Å²) >= 11 is 1.07. The number of rotatable bonds is 6. The Labute approximate surface area is 170 Å². The Bertz CT molecular complexity index is 949. The van der Waals surface area contributed by atoms with Crippen LogP contribution in [0.4, 0.5) is 17.6 Å². The first-order valence-electron chi connectivity index (χ1n) is 9.26. The molecule has 0 N–H and O–H groups in total. The zero-order chi connectivity index (χ0) is 21.0. The van der Waals surface area contributed by atoms with E-state index in [1.165, 1.54) is 24.3 Å². The number of hydrogen-bond donors (Lipinski definition) is 0. The van der Waals surface area contributed by atoms with Gasteiger partial charge >= 0.3 is 6.18 Å². The normalized spacial score (nSPS) is 13.6. The molecule has 0 fully saturated rings. The van der Waals surface area contributed by atoms with Gasteiger partial charge in [0.25, 0.3) is 0 Å². The summed E-state index contributed by atoms with van der Waals surface area (Å²) in [7, 11) is 0. The maximum absolute atomic E-state index is 13.7. The number of nitrogens with zero attached hydrogens (tertiary/aromatic N) is 2. The topological polar surface area (TPSA) is 53.8 Å². The average molecular weight is 422 g/mol. The maximum Gasteiger partial charge on any atom is 0.418 e. The van der Waals surface area contributed by atoms with Gasteiger partial charge in [0.1, 0.15) is 16.9 Å². The van der Waals surface area contributed by atoms with Crippen molar-refractivity contribution in [3.8, 4) is 6.07 Å². The highest BCUT2D eigenvalue weighted by Crippen LogP contribution is 2.41. The number of carbonyl (C=O) groups is 1. The van der Waals surface area contributed by atoms with Crippen LogP contribution in [0.5, 0.6) is 0 Å². The van der Waals surface area contributed by atoms with Gasteiger partial charge < -0.3 is 0 Å². The number of aryl methyl sites for hydroxylation is 1. The predicted molar refractivity (Wildman–Crippen MR) is 101 cm³/mol. The fourth-order valence-corrected chi connectivity index (χ4v) is 4.37. The quantitative estimate of drug-likeness (QED) is 0.258. The van der Waals surface area contributed by atoms with E-state index in [2.05, 4.69) is 4.98 Å². The number of thioether (sulfide) groups is 1. The number of ketones is 1. The summed E-state index contributed by atoms with van der Waals surface area (Å²) in [6.45, 7) is 0. The highest BCUT2D eigenvalue weighted by Gasteiger charge is 2.39. The second-order valence-electron chi connectivity index (χ2n) is 6.79. The summed E-state index contributed by atoms with van der Waals surface area (Å²) in [4.78, 5) is 16.5. The molecule has 0 saturated carbocycles. The number of fused-ring (bicyclic) bond motifs is 1. The lowest BCUT2D eigenvalue weighted by molar-refractivity contribution is -0.138. The van der Waals surface area contributed by atoms with E-state index in [4.69, 9.17) is 0 Å². The molecule has 1 aliphatic rings. The van der Waals surface area contributed by atoms with Gasteiger partial charge in [-0.05, 0) is 67.7 Å². The van der Waals surface area contributed by atoms with Crippen LogP contribution in [0, 0.1) is 17.1 Å². The van der Waals surface area contributed by atoms with E-state index < -0.39 is 23.1 Å². The first-order valence-corrected chi connectivity index (χ1v) is 10.2. The van der Waals surface area contributed by atoms with Crippen LogP contribution in [0.1, 0.15) is 58.4 Å². The van der Waals surface area contributed by atoms with Crippen molar-refractivity contribution in [3.63, 3.8) is 0 Å². The van der Waals surface area contributed by atoms with Gasteiger partial charge in [0.15, 0.2) is 5.78 Å². The summed E-state index contributed by atoms with van der Waals surface area (Å²) in [6, 6.07) is 6.91. The highest BCUT2D eigenvalue weighted by molar-refractivity contribution is 7.99. The van der Waals surface area contributed by atoms with Crippen molar-refractivity contribution in [1.29, 1.82) is 5.26 Å². The molecule has 8 heteroatoms. The average Bonchev–Trinajstić information content (AvgIpc) is 2.69. The molecule has 1 aliphatic carbocycles. The summed E-state index contributed by atoms with van der Waals surface area (Å²) in [5.74, 6) is -0.245. The number of alkyl halides is 3. The summed E-state index contributed by atoms with van der Waals surface area (Å²) < 4.78 is 53.9. The zero-order valence-corrected chi connectivity index (χ0v) is 16.3. The largest absolute Gasteiger partial charge is 0.418 e. The molecule has 1 aromatic carbocycles. The predicted octanol–water partition coefficient (Wildman–Crippen LogP) is 5.75. The third kappa shape index (κ3) is 4.96. The van der Waals surface area contributed by atoms with Crippen molar-refractivity contribution in [2.24, 2.45) is 0 Å². The fraction of sp³-hybridized carbons (Fsp3) is 0.381. The van der Waals surface area contributed by atoms with Crippen molar-refractivity contribution in [2.45, 2.75) is 49.7 Å². The third-order valence-electron chi connectivity index (χ3n) is 4.79. The number of pyridine rings is 1. The van der Waals surface area contributed by atoms with E-state index in [0.29, 0.717) is 36.3 Å². The monoisotopic (exact) mass is 422 g/mol. The molecular formula is C21H18F4N2OS. The molecular weight excluding hydrogens is 404 g/mol. The third-order valence-corrected chi connectivity index (χ3v) is 5.85. The molecule has 0 saturated heterocycles. The number of Topliss-reactive ketones (excluding diaryl/α,β-unsaturated/α-hetero) is 1. The van der Waals surface area contributed by atoms with Gasteiger partial charge in [-0.2, -0.15) is 18.4 Å². The Hall–Kier alpha value is -2.40. The van der Waals surface area contributed by atoms with Gasteiger partial charge in [-0.25, -0.2) is 9.37 Å². The second-order valence-corrected chi connectivity index (χ2v) is 7.87. The number of aromatic nitrogens is 1. The maximum atomic E-state index is 13.7. The van der Waals surface area contributed by atoms with Crippen molar-refractivity contribution in [1.82, 2.24) is 4.98 Å². The first kappa shape index (κ1) is 21.3. The van der Waals surface area contributed by atoms with Gasteiger partial charge in [-0.3, -0.25) is 4.79 Å². The second kappa shape index (κ2) is 8.95. The Balaban J connectivity index is 1.73. The minimum Gasteiger partial charge on any atom is -0.294 e. The lowest BCUT2D eigenvalue weighted by Crippen LogP contribution is -2.19. The molecule has 3 rings (SSSR count). The van der Waals surface area contributed by atoms with E-state index in [9.17, 15) is 27.6 Å². The van der Waals surface area contributed by atoms with E-state index >= 15 is 0 Å². The molecule has 0 spiro atoms. The Kier molecular flexibility index (Phi) is 6.58. The molecule has 0 aliphatic heterocycles. The standard InChI is InChI=1S/C21H18F4N2OS/c22-14-9-7-13(8-10-14)18(28)6-3-11-29-20-16(12-26)19(21(23,24)25)15-4-1-2-5-17(15)27-20/h7-10H,1-6,11H2. The van der Waals surface area contributed by atoms with Gasteiger partial charge in [0.05, 0.1) is 11.1 Å². The minimum absolute atomic E-state index is 0.0784. The molecule has 29 heavy (non-hydrogen) atoms. The smallest absolute Gasteiger partial charge is 0.294 e. The number of halogens is 4. The summed E-state index contributed by atoms with van der Waals surface area (Å²) in [6.07, 6.45) is -1.84. The summed E-state index contributed by atoms with van der Waals surface area (Å²) in [5.41, 5.74) is -0.313. The summed E-state index contributed by atoms with van der Waals surface area (Å²) in [5, 5.41) is 9.47. The van der Waals surface area contributed by atoms with Gasteiger partial charge in [-0.15, -0.1) is 11.8 Å².